The number of imidazole rings is 1. The van der Waals surface area contributed by atoms with Crippen LogP contribution < -0.4 is 5.32 Å². The van der Waals surface area contributed by atoms with Gasteiger partial charge in [0.1, 0.15) is 0 Å². The van der Waals surface area contributed by atoms with Crippen molar-refractivity contribution < 1.29 is 0 Å². The van der Waals surface area contributed by atoms with Gasteiger partial charge in [-0.2, -0.15) is 0 Å². The molecule has 1 aromatic heterocycles. The zero-order valence-corrected chi connectivity index (χ0v) is 11.5. The van der Waals surface area contributed by atoms with E-state index in [2.05, 4.69) is 48.4 Å². The molecule has 0 aliphatic heterocycles. The van der Waals surface area contributed by atoms with Crippen molar-refractivity contribution in [2.24, 2.45) is 5.92 Å². The summed E-state index contributed by atoms with van der Waals surface area (Å²) < 4.78 is 2.26. The van der Waals surface area contributed by atoms with E-state index in [0.29, 0.717) is 12.0 Å². The Morgan fingerprint density at radius 1 is 1.47 bits per heavy atom. The van der Waals surface area contributed by atoms with E-state index in [9.17, 15) is 0 Å². The number of hydrogen-bond acceptors (Lipinski definition) is 2. The minimum absolute atomic E-state index is 0.485. The Labute approximate surface area is 105 Å². The van der Waals surface area contributed by atoms with Crippen molar-refractivity contribution in [2.45, 2.75) is 46.6 Å². The quantitative estimate of drug-likeness (QED) is 0.729. The molecule has 3 heteroatoms. The number of aryl methyl sites for hydroxylation is 1. The first kappa shape index (κ1) is 13.8. The molecule has 1 atom stereocenters. The Morgan fingerprint density at radius 3 is 2.65 bits per heavy atom. The van der Waals surface area contributed by atoms with Crippen LogP contribution in [0.1, 0.15) is 45.3 Å². The van der Waals surface area contributed by atoms with Crippen LogP contribution in [0, 0.1) is 12.8 Å². The maximum Gasteiger partial charge on any atom is 0.203 e. The number of hydrogen-bond donors (Lipinski definition) is 1. The summed E-state index contributed by atoms with van der Waals surface area (Å²) in [5.74, 6) is 1.66. The molecule has 0 fully saturated rings. The van der Waals surface area contributed by atoms with Crippen molar-refractivity contribution in [3.8, 4) is 0 Å². The summed E-state index contributed by atoms with van der Waals surface area (Å²) in [7, 11) is 0. The van der Waals surface area contributed by atoms with Gasteiger partial charge in [-0.15, -0.1) is 6.58 Å². The first-order valence-corrected chi connectivity index (χ1v) is 6.54. The molecular formula is C14H25N3. The highest BCUT2D eigenvalue weighted by molar-refractivity contribution is 5.30. The van der Waals surface area contributed by atoms with Crippen LogP contribution in [0.5, 0.6) is 0 Å². The first-order valence-electron chi connectivity index (χ1n) is 6.54. The van der Waals surface area contributed by atoms with E-state index in [0.717, 1.165) is 18.2 Å². The van der Waals surface area contributed by atoms with E-state index in [1.165, 1.54) is 12.8 Å². The molecule has 0 aliphatic carbocycles. The van der Waals surface area contributed by atoms with Gasteiger partial charge >= 0.3 is 0 Å². The SMILES string of the molecule is C=CCNc1nc(C)cn1C(C)C(CC)CC. The molecule has 3 nitrogen and oxygen atoms in total. The highest BCUT2D eigenvalue weighted by Gasteiger charge is 2.18. The Hall–Kier alpha value is -1.25. The molecule has 0 aliphatic rings. The number of rotatable bonds is 7. The van der Waals surface area contributed by atoms with E-state index in [1.54, 1.807) is 0 Å². The molecule has 1 unspecified atom stereocenters. The first-order chi connectivity index (χ1) is 8.13. The summed E-state index contributed by atoms with van der Waals surface area (Å²) in [6.45, 7) is 13.3. The topological polar surface area (TPSA) is 29.9 Å². The van der Waals surface area contributed by atoms with Gasteiger partial charge in [-0.1, -0.05) is 32.8 Å². The summed E-state index contributed by atoms with van der Waals surface area (Å²) in [5, 5.41) is 3.30. The Balaban J connectivity index is 2.90. The maximum absolute atomic E-state index is 4.52. The zero-order valence-electron chi connectivity index (χ0n) is 11.5. The number of aromatic nitrogens is 2. The van der Waals surface area contributed by atoms with E-state index < -0.39 is 0 Å². The third-order valence-electron chi connectivity index (χ3n) is 3.43. The van der Waals surface area contributed by atoms with Crippen LogP contribution in [0.4, 0.5) is 5.95 Å². The highest BCUT2D eigenvalue weighted by Crippen LogP contribution is 2.27. The fourth-order valence-electron chi connectivity index (χ4n) is 2.32. The van der Waals surface area contributed by atoms with Crippen LogP contribution >= 0.6 is 0 Å². The molecule has 1 rings (SSSR count). The lowest BCUT2D eigenvalue weighted by molar-refractivity contribution is 0.335. The Kier molecular flexibility index (Phi) is 5.26. The summed E-state index contributed by atoms with van der Waals surface area (Å²) in [5.41, 5.74) is 1.06. The maximum atomic E-state index is 4.52. The lowest BCUT2D eigenvalue weighted by Gasteiger charge is -2.24. The fourth-order valence-corrected chi connectivity index (χ4v) is 2.32. The molecule has 1 heterocycles. The van der Waals surface area contributed by atoms with Crippen molar-refractivity contribution in [1.82, 2.24) is 9.55 Å². The van der Waals surface area contributed by atoms with Crippen LogP contribution in [0.3, 0.4) is 0 Å². The lowest BCUT2D eigenvalue weighted by atomic mass is 9.95. The molecule has 0 saturated heterocycles. The van der Waals surface area contributed by atoms with Gasteiger partial charge in [-0.25, -0.2) is 4.98 Å². The van der Waals surface area contributed by atoms with Crippen molar-refractivity contribution in [1.29, 1.82) is 0 Å². The molecule has 17 heavy (non-hydrogen) atoms. The van der Waals surface area contributed by atoms with Crippen LogP contribution in [0.2, 0.25) is 0 Å². The van der Waals surface area contributed by atoms with E-state index in [-0.39, 0.29) is 0 Å². The monoisotopic (exact) mass is 235 g/mol. The van der Waals surface area contributed by atoms with Gasteiger partial charge in [0.25, 0.3) is 0 Å². The summed E-state index contributed by atoms with van der Waals surface area (Å²) in [6, 6.07) is 0.485. The number of anilines is 1. The highest BCUT2D eigenvalue weighted by atomic mass is 15.2. The molecule has 0 radical (unpaired) electrons. The van der Waals surface area contributed by atoms with Gasteiger partial charge in [0.15, 0.2) is 0 Å². The largest absolute Gasteiger partial charge is 0.352 e. The average Bonchev–Trinajstić information content (AvgIpc) is 2.69. The van der Waals surface area contributed by atoms with E-state index >= 15 is 0 Å². The van der Waals surface area contributed by atoms with Crippen molar-refractivity contribution in [2.75, 3.05) is 11.9 Å². The van der Waals surface area contributed by atoms with Gasteiger partial charge in [-0.05, 0) is 19.8 Å². The summed E-state index contributed by atoms with van der Waals surface area (Å²) in [4.78, 5) is 4.52. The predicted molar refractivity (Wildman–Crippen MR) is 74.4 cm³/mol. The second-order valence-electron chi connectivity index (χ2n) is 4.60. The molecule has 1 aromatic rings. The number of nitrogens with one attached hydrogen (secondary N) is 1. The van der Waals surface area contributed by atoms with Crippen molar-refractivity contribution in [3.05, 3.63) is 24.5 Å². The fraction of sp³-hybridized carbons (Fsp3) is 0.643. The molecule has 0 spiro atoms. The van der Waals surface area contributed by atoms with Gasteiger partial charge in [0.05, 0.1) is 5.69 Å². The van der Waals surface area contributed by atoms with Crippen LogP contribution in [0.15, 0.2) is 18.9 Å². The number of nitrogens with zero attached hydrogens (tertiary/aromatic N) is 2. The smallest absolute Gasteiger partial charge is 0.203 e. The second-order valence-corrected chi connectivity index (χ2v) is 4.60. The van der Waals surface area contributed by atoms with Crippen LogP contribution in [0.25, 0.3) is 0 Å². The van der Waals surface area contributed by atoms with Crippen molar-refractivity contribution >= 4 is 5.95 Å². The summed E-state index contributed by atoms with van der Waals surface area (Å²) in [6.07, 6.45) is 6.40. The molecule has 96 valence electrons. The normalized spacial score (nSPS) is 12.8. The zero-order chi connectivity index (χ0) is 12.8. The molecule has 0 amide bonds. The Morgan fingerprint density at radius 2 is 2.12 bits per heavy atom. The lowest BCUT2D eigenvalue weighted by Crippen LogP contribution is -2.17. The predicted octanol–water partition coefficient (Wildman–Crippen LogP) is 3.79. The van der Waals surface area contributed by atoms with Crippen LogP contribution in [-0.4, -0.2) is 16.1 Å². The third kappa shape index (κ3) is 3.35. The third-order valence-corrected chi connectivity index (χ3v) is 3.43. The molecule has 0 bridgehead atoms. The van der Waals surface area contributed by atoms with Gasteiger partial charge in [0.2, 0.25) is 5.95 Å². The second kappa shape index (κ2) is 6.48. The molecule has 0 aromatic carbocycles. The standard InChI is InChI=1S/C14H25N3/c1-6-9-15-14-16-11(4)10-17(14)12(5)13(7-2)8-3/h6,10,12-13H,1,7-9H2,2-5H3,(H,15,16). The summed E-state index contributed by atoms with van der Waals surface area (Å²) >= 11 is 0. The van der Waals surface area contributed by atoms with Crippen LogP contribution in [-0.2, 0) is 0 Å². The van der Waals surface area contributed by atoms with Crippen molar-refractivity contribution in [3.63, 3.8) is 0 Å². The van der Waals surface area contributed by atoms with Gasteiger partial charge in [-0.3, -0.25) is 0 Å². The molecular weight excluding hydrogens is 210 g/mol. The molecule has 0 saturated carbocycles. The van der Waals surface area contributed by atoms with Gasteiger partial charge in [0, 0.05) is 18.8 Å². The average molecular weight is 235 g/mol. The minimum Gasteiger partial charge on any atom is -0.352 e. The van der Waals surface area contributed by atoms with E-state index in [1.807, 2.05) is 13.0 Å². The minimum atomic E-state index is 0.485. The van der Waals surface area contributed by atoms with Gasteiger partial charge < -0.3 is 9.88 Å². The van der Waals surface area contributed by atoms with E-state index in [4.69, 9.17) is 0 Å². The Bertz CT molecular complexity index is 350. The molecule has 1 N–H and O–H groups in total.